The molecule has 94 valence electrons. The van der Waals surface area contributed by atoms with Crippen LogP contribution in [0.3, 0.4) is 0 Å². The minimum atomic E-state index is 0.832. The summed E-state index contributed by atoms with van der Waals surface area (Å²) >= 11 is 0. The molecule has 0 aromatic carbocycles. The summed E-state index contributed by atoms with van der Waals surface area (Å²) < 4.78 is 5.86. The number of fused-ring (bicyclic) bond motifs is 2. The van der Waals surface area contributed by atoms with Crippen molar-refractivity contribution in [3.63, 3.8) is 0 Å². The van der Waals surface area contributed by atoms with Crippen LogP contribution in [0, 0.1) is 12.8 Å². The van der Waals surface area contributed by atoms with E-state index in [1.54, 1.807) is 0 Å². The molecule has 17 heavy (non-hydrogen) atoms. The first-order valence-electron chi connectivity index (χ1n) is 6.73. The number of hydrogen-bond acceptors (Lipinski definition) is 3. The van der Waals surface area contributed by atoms with Crippen LogP contribution in [0.1, 0.15) is 36.3 Å². The molecule has 2 fully saturated rings. The van der Waals surface area contributed by atoms with Gasteiger partial charge in [0.1, 0.15) is 11.5 Å². The first kappa shape index (κ1) is 11.3. The number of hydrogen-bond donors (Lipinski definition) is 1. The summed E-state index contributed by atoms with van der Waals surface area (Å²) in [4.78, 5) is 2.61. The van der Waals surface area contributed by atoms with Crippen molar-refractivity contribution in [2.75, 3.05) is 13.6 Å². The van der Waals surface area contributed by atoms with E-state index in [9.17, 15) is 0 Å². The highest BCUT2D eigenvalue weighted by atomic mass is 16.3. The van der Waals surface area contributed by atoms with Crippen molar-refractivity contribution in [3.8, 4) is 0 Å². The van der Waals surface area contributed by atoms with Gasteiger partial charge in [0, 0.05) is 24.7 Å². The number of nitrogens with one attached hydrogen (secondary N) is 1. The van der Waals surface area contributed by atoms with Crippen LogP contribution >= 0.6 is 0 Å². The summed E-state index contributed by atoms with van der Waals surface area (Å²) in [5, 5.41) is 3.19. The van der Waals surface area contributed by atoms with Crippen LogP contribution in [0.25, 0.3) is 0 Å². The molecule has 2 atom stereocenters. The monoisotopic (exact) mass is 234 g/mol. The van der Waals surface area contributed by atoms with E-state index < -0.39 is 0 Å². The molecule has 1 N–H and O–H groups in total. The standard InChI is InChI=1S/C14H22N2O/c1-10-12(7-15-2)6-14(17-10)9-16-8-11-3-4-13(16)5-11/h6,11,13,15H,3-5,7-9H2,1-2H3. The molecule has 1 saturated heterocycles. The summed E-state index contributed by atoms with van der Waals surface area (Å²) in [6.45, 7) is 5.26. The van der Waals surface area contributed by atoms with E-state index in [1.165, 1.54) is 31.4 Å². The normalized spacial score (nSPS) is 28.1. The predicted octanol–water partition coefficient (Wildman–Crippen LogP) is 2.29. The molecule has 3 heteroatoms. The van der Waals surface area contributed by atoms with Gasteiger partial charge < -0.3 is 9.73 Å². The number of rotatable bonds is 4. The summed E-state index contributed by atoms with van der Waals surface area (Å²) in [5.41, 5.74) is 1.30. The zero-order chi connectivity index (χ0) is 11.8. The quantitative estimate of drug-likeness (QED) is 0.866. The lowest BCUT2D eigenvalue weighted by Gasteiger charge is -2.25. The van der Waals surface area contributed by atoms with Crippen LogP contribution in [0.2, 0.25) is 0 Å². The molecule has 0 amide bonds. The van der Waals surface area contributed by atoms with Gasteiger partial charge in [-0.25, -0.2) is 0 Å². The van der Waals surface area contributed by atoms with E-state index >= 15 is 0 Å². The number of nitrogens with zero attached hydrogens (tertiary/aromatic N) is 1. The van der Waals surface area contributed by atoms with E-state index in [4.69, 9.17) is 4.42 Å². The van der Waals surface area contributed by atoms with Crippen molar-refractivity contribution in [2.45, 2.75) is 45.3 Å². The maximum atomic E-state index is 5.86. The fourth-order valence-electron chi connectivity index (χ4n) is 3.45. The molecule has 1 aliphatic carbocycles. The maximum Gasteiger partial charge on any atom is 0.118 e. The van der Waals surface area contributed by atoms with Crippen LogP contribution in [-0.4, -0.2) is 24.5 Å². The van der Waals surface area contributed by atoms with Gasteiger partial charge in [-0.05, 0) is 45.2 Å². The Labute approximate surface area is 103 Å². The zero-order valence-corrected chi connectivity index (χ0v) is 10.8. The van der Waals surface area contributed by atoms with E-state index in [0.29, 0.717) is 0 Å². The Morgan fingerprint density at radius 3 is 3.00 bits per heavy atom. The molecule has 0 spiro atoms. The first-order valence-corrected chi connectivity index (χ1v) is 6.73. The Balaban J connectivity index is 1.67. The van der Waals surface area contributed by atoms with Gasteiger partial charge in [0.15, 0.2) is 0 Å². The van der Waals surface area contributed by atoms with Crippen LogP contribution in [0.4, 0.5) is 0 Å². The molecule has 1 aliphatic heterocycles. The van der Waals surface area contributed by atoms with E-state index in [-0.39, 0.29) is 0 Å². The molecule has 2 unspecified atom stereocenters. The van der Waals surface area contributed by atoms with E-state index in [0.717, 1.165) is 36.6 Å². The molecule has 2 heterocycles. The van der Waals surface area contributed by atoms with Gasteiger partial charge in [0.25, 0.3) is 0 Å². The Bertz CT molecular complexity index is 399. The second kappa shape index (κ2) is 4.46. The average molecular weight is 234 g/mol. The van der Waals surface area contributed by atoms with Gasteiger partial charge >= 0.3 is 0 Å². The minimum absolute atomic E-state index is 0.832. The lowest BCUT2D eigenvalue weighted by Crippen LogP contribution is -2.31. The number of furan rings is 1. The van der Waals surface area contributed by atoms with Gasteiger partial charge in [-0.1, -0.05) is 0 Å². The molecular formula is C14H22N2O. The number of aryl methyl sites for hydroxylation is 1. The fourth-order valence-corrected chi connectivity index (χ4v) is 3.45. The van der Waals surface area contributed by atoms with Crippen molar-refractivity contribution in [1.82, 2.24) is 10.2 Å². The number of piperidine rings is 1. The molecule has 2 aliphatic rings. The third-order valence-corrected chi connectivity index (χ3v) is 4.32. The van der Waals surface area contributed by atoms with Gasteiger partial charge in [-0.3, -0.25) is 4.90 Å². The highest BCUT2D eigenvalue weighted by molar-refractivity contribution is 5.20. The van der Waals surface area contributed by atoms with E-state index in [2.05, 4.69) is 23.2 Å². The van der Waals surface area contributed by atoms with E-state index in [1.807, 2.05) is 7.05 Å². The second-order valence-electron chi connectivity index (χ2n) is 5.59. The topological polar surface area (TPSA) is 28.4 Å². The Morgan fingerprint density at radius 1 is 1.47 bits per heavy atom. The third-order valence-electron chi connectivity index (χ3n) is 4.32. The first-order chi connectivity index (χ1) is 8.26. The predicted molar refractivity (Wildman–Crippen MR) is 67.7 cm³/mol. The molecule has 3 rings (SSSR count). The van der Waals surface area contributed by atoms with Crippen LogP contribution < -0.4 is 5.32 Å². The van der Waals surface area contributed by atoms with Crippen molar-refractivity contribution in [2.24, 2.45) is 5.92 Å². The summed E-state index contributed by atoms with van der Waals surface area (Å²) in [6, 6.07) is 3.05. The lowest BCUT2D eigenvalue weighted by molar-refractivity contribution is 0.189. The SMILES string of the molecule is CNCc1cc(CN2CC3CCC2C3)oc1C. The Hall–Kier alpha value is -0.800. The van der Waals surface area contributed by atoms with Gasteiger partial charge in [0.05, 0.1) is 6.54 Å². The Kier molecular flexibility index (Phi) is 2.97. The van der Waals surface area contributed by atoms with Crippen LogP contribution in [-0.2, 0) is 13.1 Å². The van der Waals surface area contributed by atoms with Gasteiger partial charge in [-0.2, -0.15) is 0 Å². The van der Waals surface area contributed by atoms with Crippen LogP contribution in [0.15, 0.2) is 10.5 Å². The molecular weight excluding hydrogens is 212 g/mol. The average Bonchev–Trinajstić information content (AvgIpc) is 2.96. The van der Waals surface area contributed by atoms with Crippen molar-refractivity contribution < 1.29 is 4.42 Å². The highest BCUT2D eigenvalue weighted by Crippen LogP contribution is 2.38. The molecule has 1 saturated carbocycles. The Morgan fingerprint density at radius 2 is 2.35 bits per heavy atom. The molecule has 1 aromatic rings. The molecule has 1 aromatic heterocycles. The maximum absolute atomic E-state index is 5.86. The van der Waals surface area contributed by atoms with Crippen molar-refractivity contribution in [1.29, 1.82) is 0 Å². The fraction of sp³-hybridized carbons (Fsp3) is 0.714. The number of likely N-dealkylation sites (tertiary alicyclic amines) is 1. The van der Waals surface area contributed by atoms with Crippen molar-refractivity contribution >= 4 is 0 Å². The summed E-state index contributed by atoms with van der Waals surface area (Å²) in [7, 11) is 1.98. The van der Waals surface area contributed by atoms with Crippen molar-refractivity contribution in [3.05, 3.63) is 23.2 Å². The molecule has 2 bridgehead atoms. The summed E-state index contributed by atoms with van der Waals surface area (Å²) in [5.74, 6) is 3.17. The highest BCUT2D eigenvalue weighted by Gasteiger charge is 2.37. The minimum Gasteiger partial charge on any atom is -0.465 e. The third kappa shape index (κ3) is 2.14. The second-order valence-corrected chi connectivity index (χ2v) is 5.59. The molecule has 0 radical (unpaired) electrons. The largest absolute Gasteiger partial charge is 0.465 e. The molecule has 3 nitrogen and oxygen atoms in total. The van der Waals surface area contributed by atoms with Gasteiger partial charge in [0.2, 0.25) is 0 Å². The zero-order valence-electron chi connectivity index (χ0n) is 10.8. The summed E-state index contributed by atoms with van der Waals surface area (Å²) in [6.07, 6.45) is 4.26. The van der Waals surface area contributed by atoms with Gasteiger partial charge in [-0.15, -0.1) is 0 Å². The smallest absolute Gasteiger partial charge is 0.118 e. The lowest BCUT2D eigenvalue weighted by atomic mass is 10.1. The van der Waals surface area contributed by atoms with Crippen LogP contribution in [0.5, 0.6) is 0 Å².